The maximum atomic E-state index is 12.7. The number of methoxy groups -OCH3 is 4. The molecule has 1 aromatic carbocycles. The molecule has 0 saturated heterocycles. The van der Waals surface area contributed by atoms with Gasteiger partial charge in [0, 0.05) is 11.1 Å². The lowest BCUT2D eigenvalue weighted by molar-refractivity contribution is 0.0452. The van der Waals surface area contributed by atoms with Gasteiger partial charge in [-0.25, -0.2) is 14.4 Å². The number of hydrogen-bond acceptors (Lipinski definition) is 10. The molecule has 31 heavy (non-hydrogen) atoms. The SMILES string of the molecule is C=CCc1cc(C(=O)OCc2c(C(=O)OC)sc(N)c2C(=O)OC)cc(OC)c1OC. The molecule has 1 heterocycles. The molecular formula is C21H23NO8S. The van der Waals surface area contributed by atoms with Crippen LogP contribution < -0.4 is 15.2 Å². The molecule has 0 aliphatic rings. The molecule has 0 atom stereocenters. The van der Waals surface area contributed by atoms with Gasteiger partial charge in [0.05, 0.1) is 34.0 Å². The standard InChI is InChI=1S/C21H23NO8S/c1-6-7-11-8-12(9-14(26-2)16(11)27-3)19(23)30-10-13-15(20(24)28-4)18(22)31-17(13)21(25)29-5/h6,8-9H,1,7,10,22H2,2-5H3. The Morgan fingerprint density at radius 1 is 1.03 bits per heavy atom. The summed E-state index contributed by atoms with van der Waals surface area (Å²) >= 11 is 0.848. The first-order chi connectivity index (χ1) is 14.8. The number of carbonyl (C=O) groups is 3. The molecule has 0 saturated carbocycles. The van der Waals surface area contributed by atoms with E-state index in [1.54, 1.807) is 12.1 Å². The summed E-state index contributed by atoms with van der Waals surface area (Å²) in [7, 11) is 5.31. The molecular weight excluding hydrogens is 426 g/mol. The maximum absolute atomic E-state index is 12.7. The highest BCUT2D eigenvalue weighted by Crippen LogP contribution is 2.35. The minimum Gasteiger partial charge on any atom is -0.493 e. The Kier molecular flexibility index (Phi) is 8.03. The molecule has 0 amide bonds. The van der Waals surface area contributed by atoms with E-state index in [2.05, 4.69) is 6.58 Å². The van der Waals surface area contributed by atoms with Crippen LogP contribution >= 0.6 is 11.3 Å². The average Bonchev–Trinajstić information content (AvgIpc) is 3.11. The molecule has 0 spiro atoms. The molecule has 0 radical (unpaired) electrons. The van der Waals surface area contributed by atoms with Crippen molar-refractivity contribution in [2.24, 2.45) is 0 Å². The zero-order valence-corrected chi connectivity index (χ0v) is 18.4. The van der Waals surface area contributed by atoms with Gasteiger partial charge in [0.25, 0.3) is 0 Å². The van der Waals surface area contributed by atoms with Crippen molar-refractivity contribution in [3.8, 4) is 11.5 Å². The van der Waals surface area contributed by atoms with Crippen molar-refractivity contribution in [1.29, 1.82) is 0 Å². The third-order valence-corrected chi connectivity index (χ3v) is 5.34. The summed E-state index contributed by atoms with van der Waals surface area (Å²) in [6.07, 6.45) is 2.09. The lowest BCUT2D eigenvalue weighted by Crippen LogP contribution is -2.13. The summed E-state index contributed by atoms with van der Waals surface area (Å²) in [5.74, 6) is -1.35. The van der Waals surface area contributed by atoms with Crippen LogP contribution in [-0.2, 0) is 27.2 Å². The summed E-state index contributed by atoms with van der Waals surface area (Å²) in [6, 6.07) is 3.06. The number of carbonyl (C=O) groups excluding carboxylic acids is 3. The maximum Gasteiger partial charge on any atom is 0.348 e. The van der Waals surface area contributed by atoms with Gasteiger partial charge in [0.15, 0.2) is 11.5 Å². The number of nitrogen functional groups attached to an aromatic ring is 1. The quantitative estimate of drug-likeness (QED) is 0.349. The molecule has 0 aliphatic heterocycles. The van der Waals surface area contributed by atoms with Gasteiger partial charge in [0.1, 0.15) is 22.0 Å². The Morgan fingerprint density at radius 2 is 1.71 bits per heavy atom. The Bertz CT molecular complexity index is 1010. The van der Waals surface area contributed by atoms with E-state index in [1.165, 1.54) is 34.5 Å². The molecule has 10 heteroatoms. The number of hydrogen-bond donors (Lipinski definition) is 1. The number of thiophene rings is 1. The van der Waals surface area contributed by atoms with E-state index in [0.29, 0.717) is 23.5 Å². The Hall–Kier alpha value is -3.53. The minimum atomic E-state index is -0.755. The van der Waals surface area contributed by atoms with Gasteiger partial charge in [-0.3, -0.25) is 0 Å². The zero-order chi connectivity index (χ0) is 23.1. The molecule has 0 aliphatic carbocycles. The molecule has 2 rings (SSSR count). The number of allylic oxidation sites excluding steroid dienone is 1. The van der Waals surface area contributed by atoms with Gasteiger partial charge in [-0.2, -0.15) is 0 Å². The third kappa shape index (κ3) is 4.97. The minimum absolute atomic E-state index is 0.0413. The van der Waals surface area contributed by atoms with Crippen LogP contribution in [-0.4, -0.2) is 46.3 Å². The Labute approximate surface area is 183 Å². The predicted molar refractivity (Wildman–Crippen MR) is 114 cm³/mol. The molecule has 0 unspecified atom stereocenters. The largest absolute Gasteiger partial charge is 0.493 e. The van der Waals surface area contributed by atoms with Gasteiger partial charge in [-0.1, -0.05) is 6.08 Å². The van der Waals surface area contributed by atoms with E-state index in [1.807, 2.05) is 0 Å². The van der Waals surface area contributed by atoms with Crippen LogP contribution in [0.15, 0.2) is 24.8 Å². The predicted octanol–water partition coefficient (Wildman–Crippen LogP) is 3.01. The summed E-state index contributed by atoms with van der Waals surface area (Å²) in [5, 5.41) is 0.0534. The second kappa shape index (κ2) is 10.5. The van der Waals surface area contributed by atoms with E-state index in [4.69, 9.17) is 29.4 Å². The van der Waals surface area contributed by atoms with Crippen molar-refractivity contribution in [3.05, 3.63) is 51.9 Å². The van der Waals surface area contributed by atoms with Crippen LogP contribution in [0.1, 0.15) is 41.5 Å². The Balaban J connectivity index is 2.40. The van der Waals surface area contributed by atoms with Crippen LogP contribution in [0.4, 0.5) is 5.00 Å². The van der Waals surface area contributed by atoms with Gasteiger partial charge in [-0.05, 0) is 18.6 Å². The first kappa shape index (κ1) is 23.7. The van der Waals surface area contributed by atoms with Crippen molar-refractivity contribution in [2.45, 2.75) is 13.0 Å². The summed E-state index contributed by atoms with van der Waals surface area (Å²) in [5.41, 5.74) is 6.82. The molecule has 9 nitrogen and oxygen atoms in total. The van der Waals surface area contributed by atoms with Crippen molar-refractivity contribution in [3.63, 3.8) is 0 Å². The van der Waals surface area contributed by atoms with Crippen molar-refractivity contribution < 1.29 is 38.1 Å². The molecule has 0 fully saturated rings. The summed E-state index contributed by atoms with van der Waals surface area (Å²) in [4.78, 5) is 37.0. The molecule has 1 aromatic heterocycles. The first-order valence-corrected chi connectivity index (χ1v) is 9.75. The number of anilines is 1. The van der Waals surface area contributed by atoms with E-state index in [9.17, 15) is 14.4 Å². The summed E-state index contributed by atoms with van der Waals surface area (Å²) in [6.45, 7) is 3.30. The van der Waals surface area contributed by atoms with Crippen molar-refractivity contribution >= 4 is 34.2 Å². The molecule has 2 aromatic rings. The van der Waals surface area contributed by atoms with Crippen LogP contribution in [0.25, 0.3) is 0 Å². The fourth-order valence-electron chi connectivity index (χ4n) is 2.90. The zero-order valence-electron chi connectivity index (χ0n) is 17.6. The topological polar surface area (TPSA) is 123 Å². The fraction of sp³-hybridized carbons (Fsp3) is 0.286. The van der Waals surface area contributed by atoms with E-state index < -0.39 is 24.5 Å². The highest BCUT2D eigenvalue weighted by Gasteiger charge is 2.28. The lowest BCUT2D eigenvalue weighted by atomic mass is 10.1. The number of nitrogens with two attached hydrogens (primary N) is 1. The second-order valence-corrected chi connectivity index (χ2v) is 7.12. The van der Waals surface area contributed by atoms with E-state index in [-0.39, 0.29) is 26.6 Å². The fourth-order valence-corrected chi connectivity index (χ4v) is 3.87. The molecule has 166 valence electrons. The average molecular weight is 449 g/mol. The normalized spacial score (nSPS) is 10.2. The number of ether oxygens (including phenoxy) is 5. The molecule has 0 bridgehead atoms. The van der Waals surface area contributed by atoms with Crippen molar-refractivity contribution in [1.82, 2.24) is 0 Å². The monoisotopic (exact) mass is 449 g/mol. The van der Waals surface area contributed by atoms with Crippen LogP contribution in [0.2, 0.25) is 0 Å². The summed E-state index contributed by atoms with van der Waals surface area (Å²) < 4.78 is 25.5. The third-order valence-electron chi connectivity index (χ3n) is 4.30. The Morgan fingerprint density at radius 3 is 2.26 bits per heavy atom. The van der Waals surface area contributed by atoms with Gasteiger partial charge >= 0.3 is 17.9 Å². The van der Waals surface area contributed by atoms with Gasteiger partial charge < -0.3 is 29.4 Å². The smallest absolute Gasteiger partial charge is 0.348 e. The highest BCUT2D eigenvalue weighted by atomic mass is 32.1. The van der Waals surface area contributed by atoms with E-state index >= 15 is 0 Å². The number of benzene rings is 1. The lowest BCUT2D eigenvalue weighted by Gasteiger charge is -2.14. The number of esters is 3. The molecule has 2 N–H and O–H groups in total. The number of rotatable bonds is 9. The van der Waals surface area contributed by atoms with Gasteiger partial charge in [-0.15, -0.1) is 17.9 Å². The van der Waals surface area contributed by atoms with Gasteiger partial charge in [0.2, 0.25) is 0 Å². The van der Waals surface area contributed by atoms with Crippen LogP contribution in [0.5, 0.6) is 11.5 Å². The van der Waals surface area contributed by atoms with Crippen molar-refractivity contribution in [2.75, 3.05) is 34.2 Å². The first-order valence-electron chi connectivity index (χ1n) is 8.93. The highest BCUT2D eigenvalue weighted by molar-refractivity contribution is 7.18. The second-order valence-electron chi connectivity index (χ2n) is 6.07. The van der Waals surface area contributed by atoms with Crippen LogP contribution in [0, 0.1) is 0 Å². The van der Waals surface area contributed by atoms with Crippen LogP contribution in [0.3, 0.4) is 0 Å². The van der Waals surface area contributed by atoms with E-state index in [0.717, 1.165) is 11.3 Å².